The Morgan fingerprint density at radius 1 is 1.06 bits per heavy atom. The van der Waals surface area contributed by atoms with E-state index in [1.807, 2.05) is 0 Å². The summed E-state index contributed by atoms with van der Waals surface area (Å²) in [7, 11) is 0. The summed E-state index contributed by atoms with van der Waals surface area (Å²) in [6.45, 7) is 2.62. The summed E-state index contributed by atoms with van der Waals surface area (Å²) in [6, 6.07) is 3.70. The molecule has 0 aromatic heterocycles. The third kappa shape index (κ3) is 5.32. The molecule has 3 heterocycles. The molecule has 4 rings (SSSR count). The van der Waals surface area contributed by atoms with E-state index in [9.17, 15) is 23.6 Å². The number of hydrogen-bond donors (Lipinski definition) is 3. The van der Waals surface area contributed by atoms with Crippen LogP contribution in [0.15, 0.2) is 24.3 Å². The predicted octanol–water partition coefficient (Wildman–Crippen LogP) is -0.127. The molecule has 3 N–H and O–H groups in total. The van der Waals surface area contributed by atoms with Gasteiger partial charge in [-0.25, -0.2) is 4.39 Å². The maximum absolute atomic E-state index is 13.7. The first-order valence-electron chi connectivity index (χ1n) is 11.6. The Hall–Kier alpha value is -3.01. The average Bonchev–Trinajstić information content (AvgIpc) is 2.84. The van der Waals surface area contributed by atoms with Crippen LogP contribution in [0.5, 0.6) is 0 Å². The van der Waals surface area contributed by atoms with E-state index in [0.717, 1.165) is 38.4 Å². The monoisotopic (exact) mass is 459 g/mol. The number of nitrogens with one attached hydrogen (secondary N) is 3. The van der Waals surface area contributed by atoms with Gasteiger partial charge in [0.2, 0.25) is 17.7 Å². The van der Waals surface area contributed by atoms with Crippen molar-refractivity contribution in [3.63, 3.8) is 0 Å². The number of rotatable bonds is 4. The molecule has 0 saturated carbocycles. The predicted molar refractivity (Wildman–Crippen MR) is 118 cm³/mol. The molecule has 178 valence electrons. The van der Waals surface area contributed by atoms with E-state index in [1.165, 1.54) is 23.1 Å². The summed E-state index contributed by atoms with van der Waals surface area (Å²) in [4.78, 5) is 54.7. The van der Waals surface area contributed by atoms with Gasteiger partial charge in [-0.3, -0.25) is 19.2 Å². The molecule has 33 heavy (non-hydrogen) atoms. The lowest BCUT2D eigenvalue weighted by Crippen LogP contribution is -2.64. The molecule has 0 aliphatic carbocycles. The van der Waals surface area contributed by atoms with Crippen LogP contribution >= 0.6 is 0 Å². The zero-order valence-corrected chi connectivity index (χ0v) is 18.5. The zero-order valence-electron chi connectivity index (χ0n) is 18.5. The van der Waals surface area contributed by atoms with Crippen molar-refractivity contribution in [2.75, 3.05) is 39.3 Å². The fourth-order valence-electron chi connectivity index (χ4n) is 4.74. The first-order valence-corrected chi connectivity index (χ1v) is 11.6. The summed E-state index contributed by atoms with van der Waals surface area (Å²) < 4.78 is 13.7. The van der Waals surface area contributed by atoms with Gasteiger partial charge in [-0.1, -0.05) is 6.07 Å². The molecule has 0 spiro atoms. The van der Waals surface area contributed by atoms with Crippen molar-refractivity contribution in [3.05, 3.63) is 35.6 Å². The molecule has 3 saturated heterocycles. The molecule has 1 aromatic rings. The molecular formula is C23H30FN5O4. The fourth-order valence-corrected chi connectivity index (χ4v) is 4.74. The highest BCUT2D eigenvalue weighted by Gasteiger charge is 2.40. The van der Waals surface area contributed by atoms with E-state index in [-0.39, 0.29) is 36.4 Å². The Morgan fingerprint density at radius 3 is 2.58 bits per heavy atom. The average molecular weight is 460 g/mol. The first-order chi connectivity index (χ1) is 15.9. The minimum atomic E-state index is -0.963. The molecule has 0 radical (unpaired) electrons. The van der Waals surface area contributed by atoms with E-state index in [2.05, 4.69) is 16.0 Å². The van der Waals surface area contributed by atoms with Crippen molar-refractivity contribution in [2.45, 2.75) is 37.8 Å². The largest absolute Gasteiger partial charge is 0.354 e. The number of piperidine rings is 2. The summed E-state index contributed by atoms with van der Waals surface area (Å²) >= 11 is 0. The van der Waals surface area contributed by atoms with Gasteiger partial charge in [-0.05, 0) is 57.0 Å². The smallest absolute Gasteiger partial charge is 0.254 e. The van der Waals surface area contributed by atoms with E-state index in [0.29, 0.717) is 19.5 Å². The van der Waals surface area contributed by atoms with Crippen LogP contribution < -0.4 is 16.0 Å². The van der Waals surface area contributed by atoms with Crippen LogP contribution in [0, 0.1) is 11.7 Å². The Labute approximate surface area is 192 Å². The highest BCUT2D eigenvalue weighted by molar-refractivity contribution is 5.99. The second-order valence-electron chi connectivity index (χ2n) is 8.83. The van der Waals surface area contributed by atoms with E-state index in [4.69, 9.17) is 0 Å². The zero-order chi connectivity index (χ0) is 23.4. The molecule has 1 aromatic carbocycles. The number of carbonyl (C=O) groups is 4. The van der Waals surface area contributed by atoms with Gasteiger partial charge < -0.3 is 25.8 Å². The van der Waals surface area contributed by atoms with Gasteiger partial charge in [0.15, 0.2) is 0 Å². The second kappa shape index (κ2) is 10.3. The number of carbonyl (C=O) groups excluding carboxylic acids is 4. The molecule has 0 unspecified atom stereocenters. The summed E-state index contributed by atoms with van der Waals surface area (Å²) in [5, 5.41) is 8.73. The quantitative estimate of drug-likeness (QED) is 0.581. The van der Waals surface area contributed by atoms with E-state index >= 15 is 0 Å². The Morgan fingerprint density at radius 2 is 1.85 bits per heavy atom. The topological polar surface area (TPSA) is 111 Å². The first kappa shape index (κ1) is 23.2. The fraction of sp³-hybridized carbons (Fsp3) is 0.565. The maximum Gasteiger partial charge on any atom is 0.254 e. The molecule has 2 atom stereocenters. The number of piperazine rings is 1. The van der Waals surface area contributed by atoms with Gasteiger partial charge in [0.05, 0.1) is 6.54 Å². The molecular weight excluding hydrogens is 429 g/mol. The highest BCUT2D eigenvalue weighted by Crippen LogP contribution is 2.21. The highest BCUT2D eigenvalue weighted by atomic mass is 19.1. The van der Waals surface area contributed by atoms with Gasteiger partial charge in [-0.2, -0.15) is 0 Å². The van der Waals surface area contributed by atoms with Crippen molar-refractivity contribution in [1.29, 1.82) is 0 Å². The number of benzene rings is 1. The van der Waals surface area contributed by atoms with E-state index in [1.54, 1.807) is 4.90 Å². The van der Waals surface area contributed by atoms with Gasteiger partial charge in [0.25, 0.3) is 5.91 Å². The third-order valence-corrected chi connectivity index (χ3v) is 6.62. The Balaban J connectivity index is 1.53. The van der Waals surface area contributed by atoms with Crippen molar-refractivity contribution in [1.82, 2.24) is 25.8 Å². The summed E-state index contributed by atoms with van der Waals surface area (Å²) in [5.41, 5.74) is 0.140. The van der Waals surface area contributed by atoms with Crippen molar-refractivity contribution >= 4 is 23.6 Å². The lowest BCUT2D eigenvalue weighted by Gasteiger charge is -2.42. The molecule has 4 amide bonds. The summed E-state index contributed by atoms with van der Waals surface area (Å²) in [6.07, 6.45) is 2.73. The minimum Gasteiger partial charge on any atom is -0.354 e. The SMILES string of the molecule is O=C1NCCC[C@@H]1NC(=O)[C@@H]1CN(C(=O)C2CCNCC2)CCN1C(=O)c1cccc(F)c1. The number of amides is 4. The van der Waals surface area contributed by atoms with Crippen LogP contribution in [0.25, 0.3) is 0 Å². The van der Waals surface area contributed by atoms with Gasteiger partial charge >= 0.3 is 0 Å². The molecule has 3 aliphatic rings. The van der Waals surface area contributed by atoms with Gasteiger partial charge in [0, 0.05) is 31.1 Å². The minimum absolute atomic E-state index is 0.0115. The molecule has 10 heteroatoms. The van der Waals surface area contributed by atoms with Gasteiger partial charge in [-0.15, -0.1) is 0 Å². The standard InChI is InChI=1S/C23H30FN5O4/c24-17-4-1-3-16(13-17)23(33)29-12-11-28(22(32)15-6-9-25-10-7-15)14-19(29)21(31)27-18-5-2-8-26-20(18)30/h1,3-4,13,15,18-19,25H,2,5-12,14H2,(H,26,30)(H,27,31)/t18-,19-/m0/s1. The van der Waals surface area contributed by atoms with Crippen LogP contribution in [0.3, 0.4) is 0 Å². The molecule has 9 nitrogen and oxygen atoms in total. The lowest BCUT2D eigenvalue weighted by atomic mass is 9.95. The number of hydrogen-bond acceptors (Lipinski definition) is 5. The summed E-state index contributed by atoms with van der Waals surface area (Å²) in [5.74, 6) is -1.87. The number of nitrogens with zero attached hydrogens (tertiary/aromatic N) is 2. The van der Waals surface area contributed by atoms with Crippen LogP contribution in [-0.2, 0) is 14.4 Å². The third-order valence-electron chi connectivity index (χ3n) is 6.62. The lowest BCUT2D eigenvalue weighted by molar-refractivity contribution is -0.142. The van der Waals surface area contributed by atoms with Crippen molar-refractivity contribution in [3.8, 4) is 0 Å². The van der Waals surface area contributed by atoms with Crippen LogP contribution in [0.2, 0.25) is 0 Å². The van der Waals surface area contributed by atoms with E-state index < -0.39 is 29.7 Å². The second-order valence-corrected chi connectivity index (χ2v) is 8.83. The molecule has 0 bridgehead atoms. The Kier molecular flexibility index (Phi) is 7.22. The molecule has 3 aliphatic heterocycles. The number of halogens is 1. The van der Waals surface area contributed by atoms with Crippen LogP contribution in [0.4, 0.5) is 4.39 Å². The Bertz CT molecular complexity index is 920. The van der Waals surface area contributed by atoms with Crippen LogP contribution in [-0.4, -0.2) is 84.8 Å². The molecule has 3 fully saturated rings. The van der Waals surface area contributed by atoms with Crippen molar-refractivity contribution < 1.29 is 23.6 Å². The van der Waals surface area contributed by atoms with Crippen LogP contribution in [0.1, 0.15) is 36.0 Å². The van der Waals surface area contributed by atoms with Gasteiger partial charge in [0.1, 0.15) is 17.9 Å². The van der Waals surface area contributed by atoms with Crippen molar-refractivity contribution in [2.24, 2.45) is 5.92 Å². The maximum atomic E-state index is 13.7. The normalized spacial score (nSPS) is 24.2.